The van der Waals surface area contributed by atoms with Crippen LogP contribution >= 0.6 is 0 Å². The molecule has 1 atom stereocenters. The topological polar surface area (TPSA) is 64.8 Å². The molecule has 0 radical (unpaired) electrons. The number of rotatable bonds is 4. The Kier molecular flexibility index (Phi) is 4.27. The lowest BCUT2D eigenvalue weighted by Gasteiger charge is -2.17. The van der Waals surface area contributed by atoms with Gasteiger partial charge in [0.05, 0.1) is 7.11 Å². The minimum absolute atomic E-state index is 0.0200. The van der Waals surface area contributed by atoms with Crippen molar-refractivity contribution in [2.45, 2.75) is 19.4 Å². The maximum atomic E-state index is 11.9. The van der Waals surface area contributed by atoms with Crippen molar-refractivity contribution in [2.75, 3.05) is 26.8 Å². The van der Waals surface area contributed by atoms with Gasteiger partial charge in [-0.3, -0.25) is 4.79 Å². The molecule has 1 amide bonds. The molecule has 1 saturated heterocycles. The standard InChI is InChI=1S/C14H20N2O3/c1-10-3-4-12(13(7-10)18-2)19-9-14(17)16-6-5-11(15)8-16/h3-4,7,11H,5-6,8-9,15H2,1-2H3/t11-/m1/s1. The highest BCUT2D eigenvalue weighted by atomic mass is 16.5. The van der Waals surface area contributed by atoms with E-state index in [9.17, 15) is 4.79 Å². The number of benzene rings is 1. The van der Waals surface area contributed by atoms with Crippen molar-refractivity contribution in [3.8, 4) is 11.5 Å². The number of methoxy groups -OCH3 is 1. The summed E-state index contributed by atoms with van der Waals surface area (Å²) in [7, 11) is 1.59. The highest BCUT2D eigenvalue weighted by molar-refractivity contribution is 5.78. The second-order valence-corrected chi connectivity index (χ2v) is 4.83. The number of likely N-dealkylation sites (tertiary alicyclic amines) is 1. The quantitative estimate of drug-likeness (QED) is 0.879. The largest absolute Gasteiger partial charge is 0.493 e. The van der Waals surface area contributed by atoms with E-state index >= 15 is 0 Å². The lowest BCUT2D eigenvalue weighted by atomic mass is 10.2. The van der Waals surface area contributed by atoms with Gasteiger partial charge in [0.2, 0.25) is 0 Å². The smallest absolute Gasteiger partial charge is 0.260 e. The third kappa shape index (κ3) is 3.38. The van der Waals surface area contributed by atoms with E-state index in [-0.39, 0.29) is 18.6 Å². The number of ether oxygens (including phenoxy) is 2. The molecule has 1 heterocycles. The van der Waals surface area contributed by atoms with Crippen LogP contribution in [0.4, 0.5) is 0 Å². The molecule has 0 aliphatic carbocycles. The Labute approximate surface area is 113 Å². The first-order chi connectivity index (χ1) is 9.10. The summed E-state index contributed by atoms with van der Waals surface area (Å²) in [6.07, 6.45) is 0.861. The fraction of sp³-hybridized carbons (Fsp3) is 0.500. The first-order valence-corrected chi connectivity index (χ1v) is 6.41. The van der Waals surface area contributed by atoms with E-state index in [1.165, 1.54) is 0 Å². The average molecular weight is 264 g/mol. The zero-order valence-electron chi connectivity index (χ0n) is 11.4. The second-order valence-electron chi connectivity index (χ2n) is 4.83. The van der Waals surface area contributed by atoms with Gasteiger partial charge in [0.15, 0.2) is 18.1 Å². The van der Waals surface area contributed by atoms with Crippen molar-refractivity contribution in [2.24, 2.45) is 5.73 Å². The molecule has 19 heavy (non-hydrogen) atoms. The predicted molar refractivity (Wildman–Crippen MR) is 72.4 cm³/mol. The molecule has 5 heteroatoms. The molecule has 0 aromatic heterocycles. The molecule has 0 spiro atoms. The van der Waals surface area contributed by atoms with Gasteiger partial charge in [0, 0.05) is 19.1 Å². The summed E-state index contributed by atoms with van der Waals surface area (Å²) in [6, 6.07) is 5.72. The minimum atomic E-state index is -0.0319. The van der Waals surface area contributed by atoms with Crippen LogP contribution in [0.25, 0.3) is 0 Å². The lowest BCUT2D eigenvalue weighted by molar-refractivity contribution is -0.132. The molecule has 0 bridgehead atoms. The van der Waals surface area contributed by atoms with E-state index in [0.717, 1.165) is 12.0 Å². The summed E-state index contributed by atoms with van der Waals surface area (Å²) in [4.78, 5) is 13.7. The zero-order valence-corrected chi connectivity index (χ0v) is 11.4. The van der Waals surface area contributed by atoms with Gasteiger partial charge in [-0.2, -0.15) is 0 Å². The highest BCUT2D eigenvalue weighted by Gasteiger charge is 2.23. The van der Waals surface area contributed by atoms with E-state index < -0.39 is 0 Å². The molecule has 1 aromatic rings. The van der Waals surface area contributed by atoms with Crippen LogP contribution in [0, 0.1) is 6.92 Å². The van der Waals surface area contributed by atoms with Gasteiger partial charge in [0.25, 0.3) is 5.91 Å². The Morgan fingerprint density at radius 2 is 2.26 bits per heavy atom. The molecule has 2 rings (SSSR count). The fourth-order valence-corrected chi connectivity index (χ4v) is 2.14. The Bertz CT molecular complexity index is 462. The van der Waals surface area contributed by atoms with Crippen molar-refractivity contribution in [1.82, 2.24) is 4.90 Å². The third-order valence-electron chi connectivity index (χ3n) is 3.25. The molecule has 5 nitrogen and oxygen atoms in total. The first-order valence-electron chi connectivity index (χ1n) is 6.41. The first kappa shape index (κ1) is 13.7. The van der Waals surface area contributed by atoms with Crippen molar-refractivity contribution < 1.29 is 14.3 Å². The number of nitrogens with two attached hydrogens (primary N) is 1. The van der Waals surface area contributed by atoms with Crippen LogP contribution in [-0.4, -0.2) is 43.7 Å². The van der Waals surface area contributed by atoms with E-state index in [2.05, 4.69) is 0 Å². The van der Waals surface area contributed by atoms with Crippen LogP contribution in [0.3, 0.4) is 0 Å². The van der Waals surface area contributed by atoms with Crippen LogP contribution in [0.5, 0.6) is 11.5 Å². The van der Waals surface area contributed by atoms with Crippen LogP contribution < -0.4 is 15.2 Å². The van der Waals surface area contributed by atoms with E-state index in [1.807, 2.05) is 25.1 Å². The van der Waals surface area contributed by atoms with Gasteiger partial charge in [-0.25, -0.2) is 0 Å². The molecular weight excluding hydrogens is 244 g/mol. The summed E-state index contributed by atoms with van der Waals surface area (Å²) in [5, 5.41) is 0. The Morgan fingerprint density at radius 1 is 1.47 bits per heavy atom. The number of carbonyl (C=O) groups excluding carboxylic acids is 1. The molecule has 1 fully saturated rings. The summed E-state index contributed by atoms with van der Waals surface area (Å²) in [5.41, 5.74) is 6.86. The summed E-state index contributed by atoms with van der Waals surface area (Å²) in [5.74, 6) is 1.20. The maximum absolute atomic E-state index is 11.9. The molecule has 1 aromatic carbocycles. The number of carbonyl (C=O) groups is 1. The minimum Gasteiger partial charge on any atom is -0.493 e. The normalized spacial score (nSPS) is 18.5. The third-order valence-corrected chi connectivity index (χ3v) is 3.25. The Morgan fingerprint density at radius 3 is 2.89 bits per heavy atom. The Hall–Kier alpha value is -1.75. The van der Waals surface area contributed by atoms with Crippen LogP contribution in [0.2, 0.25) is 0 Å². The second kappa shape index (κ2) is 5.93. The lowest BCUT2D eigenvalue weighted by Crippen LogP contribution is -2.35. The van der Waals surface area contributed by atoms with Crippen molar-refractivity contribution in [1.29, 1.82) is 0 Å². The molecule has 1 aliphatic rings. The predicted octanol–water partition coefficient (Wildman–Crippen LogP) is 0.942. The van der Waals surface area contributed by atoms with Crippen LogP contribution in [-0.2, 0) is 4.79 Å². The Balaban J connectivity index is 1.93. The average Bonchev–Trinajstić information content (AvgIpc) is 2.83. The number of hydrogen-bond acceptors (Lipinski definition) is 4. The van der Waals surface area contributed by atoms with Gasteiger partial charge < -0.3 is 20.1 Å². The molecule has 0 saturated carbocycles. The number of nitrogens with zero attached hydrogens (tertiary/aromatic N) is 1. The van der Waals surface area contributed by atoms with Crippen molar-refractivity contribution in [3.05, 3.63) is 23.8 Å². The SMILES string of the molecule is COc1cc(C)ccc1OCC(=O)N1CC[C@@H](N)C1. The molecule has 1 aliphatic heterocycles. The van der Waals surface area contributed by atoms with Crippen LogP contribution in [0.1, 0.15) is 12.0 Å². The van der Waals surface area contributed by atoms with E-state index in [1.54, 1.807) is 12.0 Å². The van der Waals surface area contributed by atoms with Gasteiger partial charge in [-0.1, -0.05) is 6.07 Å². The molecular formula is C14H20N2O3. The van der Waals surface area contributed by atoms with Crippen LogP contribution in [0.15, 0.2) is 18.2 Å². The van der Waals surface area contributed by atoms with Crippen molar-refractivity contribution in [3.63, 3.8) is 0 Å². The zero-order chi connectivity index (χ0) is 13.8. The van der Waals surface area contributed by atoms with Gasteiger partial charge in [-0.15, -0.1) is 0 Å². The highest BCUT2D eigenvalue weighted by Crippen LogP contribution is 2.27. The number of aryl methyl sites for hydroxylation is 1. The summed E-state index contributed by atoms with van der Waals surface area (Å²) < 4.78 is 10.8. The molecule has 104 valence electrons. The maximum Gasteiger partial charge on any atom is 0.260 e. The number of hydrogen-bond donors (Lipinski definition) is 1. The molecule has 2 N–H and O–H groups in total. The summed E-state index contributed by atoms with van der Waals surface area (Å²) >= 11 is 0. The van der Waals surface area contributed by atoms with Gasteiger partial charge in [0.1, 0.15) is 0 Å². The summed E-state index contributed by atoms with van der Waals surface area (Å²) in [6.45, 7) is 3.33. The van der Waals surface area contributed by atoms with Gasteiger partial charge in [-0.05, 0) is 31.0 Å². The molecule has 0 unspecified atom stereocenters. The monoisotopic (exact) mass is 264 g/mol. The van der Waals surface area contributed by atoms with E-state index in [0.29, 0.717) is 24.6 Å². The van der Waals surface area contributed by atoms with Crippen molar-refractivity contribution >= 4 is 5.91 Å². The van der Waals surface area contributed by atoms with Gasteiger partial charge >= 0.3 is 0 Å². The fourth-order valence-electron chi connectivity index (χ4n) is 2.14. The number of amides is 1. The van der Waals surface area contributed by atoms with E-state index in [4.69, 9.17) is 15.2 Å².